The van der Waals surface area contributed by atoms with Crippen molar-refractivity contribution >= 4 is 5.69 Å². The van der Waals surface area contributed by atoms with Crippen LogP contribution in [0, 0.1) is 13.8 Å². The minimum atomic E-state index is 0.585. The number of nitrogens with zero attached hydrogens (tertiary/aromatic N) is 1. The lowest BCUT2D eigenvalue weighted by Crippen LogP contribution is -2.27. The summed E-state index contributed by atoms with van der Waals surface area (Å²) in [6.45, 7) is 13.6. The maximum atomic E-state index is 3.75. The third-order valence-corrected chi connectivity index (χ3v) is 4.45. The standard InChI is InChI=1S/C17H30N2/c1-9-11(3)15-13(5)17(19(7)8)14(6)16(18-15)12(4)10-2/h11-12H,9-10H2,1-8H3/p+1. The van der Waals surface area contributed by atoms with Gasteiger partial charge in [-0.2, -0.15) is 0 Å². The van der Waals surface area contributed by atoms with Crippen molar-refractivity contribution in [3.05, 3.63) is 22.5 Å². The van der Waals surface area contributed by atoms with Crippen molar-refractivity contribution in [3.8, 4) is 0 Å². The molecule has 1 aromatic heterocycles. The molecule has 0 saturated heterocycles. The Bertz CT molecular complexity index is 401. The molecule has 0 bridgehead atoms. The van der Waals surface area contributed by atoms with Crippen molar-refractivity contribution in [1.29, 1.82) is 0 Å². The fourth-order valence-corrected chi connectivity index (χ4v) is 2.93. The summed E-state index contributed by atoms with van der Waals surface area (Å²) >= 11 is 0. The van der Waals surface area contributed by atoms with Gasteiger partial charge in [0.25, 0.3) is 0 Å². The van der Waals surface area contributed by atoms with Gasteiger partial charge in [-0.05, 0) is 26.7 Å². The third kappa shape index (κ3) is 3.10. The summed E-state index contributed by atoms with van der Waals surface area (Å²) in [5.74, 6) is 1.17. The topological polar surface area (TPSA) is 17.4 Å². The highest BCUT2D eigenvalue weighted by Gasteiger charge is 2.26. The molecule has 1 heterocycles. The number of aromatic nitrogens is 1. The van der Waals surface area contributed by atoms with Gasteiger partial charge >= 0.3 is 0 Å². The van der Waals surface area contributed by atoms with Crippen LogP contribution in [-0.2, 0) is 0 Å². The van der Waals surface area contributed by atoms with Crippen molar-refractivity contribution < 1.29 is 4.98 Å². The van der Waals surface area contributed by atoms with E-state index in [9.17, 15) is 0 Å². The summed E-state index contributed by atoms with van der Waals surface area (Å²) in [6, 6.07) is 0. The monoisotopic (exact) mass is 263 g/mol. The number of pyridine rings is 1. The van der Waals surface area contributed by atoms with Crippen molar-refractivity contribution in [2.45, 2.75) is 66.2 Å². The number of H-pyrrole nitrogens is 1. The minimum absolute atomic E-state index is 0.585. The molecule has 0 amide bonds. The Balaban J connectivity index is 3.54. The number of aromatic amines is 1. The molecule has 0 aliphatic rings. The lowest BCUT2D eigenvalue weighted by molar-refractivity contribution is -0.408. The molecule has 1 rings (SSSR count). The van der Waals surface area contributed by atoms with E-state index < -0.39 is 0 Å². The zero-order chi connectivity index (χ0) is 14.7. The zero-order valence-corrected chi connectivity index (χ0v) is 14.0. The van der Waals surface area contributed by atoms with Crippen LogP contribution in [0.3, 0.4) is 0 Å². The molecule has 0 fully saturated rings. The van der Waals surface area contributed by atoms with E-state index in [0.717, 1.165) is 0 Å². The summed E-state index contributed by atoms with van der Waals surface area (Å²) in [7, 11) is 4.30. The first-order valence-electron chi connectivity index (χ1n) is 7.58. The molecule has 2 unspecified atom stereocenters. The highest BCUT2D eigenvalue weighted by Crippen LogP contribution is 2.32. The Hall–Kier alpha value is -1.05. The fourth-order valence-electron chi connectivity index (χ4n) is 2.93. The van der Waals surface area contributed by atoms with Crippen LogP contribution in [0.2, 0.25) is 0 Å². The molecule has 2 heteroatoms. The minimum Gasteiger partial charge on any atom is -0.377 e. The zero-order valence-electron chi connectivity index (χ0n) is 14.0. The molecule has 108 valence electrons. The van der Waals surface area contributed by atoms with Crippen LogP contribution >= 0.6 is 0 Å². The summed E-state index contributed by atoms with van der Waals surface area (Å²) in [6.07, 6.45) is 2.35. The van der Waals surface area contributed by atoms with Crippen LogP contribution in [-0.4, -0.2) is 14.1 Å². The van der Waals surface area contributed by atoms with Crippen LogP contribution in [0.25, 0.3) is 0 Å². The quantitative estimate of drug-likeness (QED) is 0.778. The lowest BCUT2D eigenvalue weighted by atomic mass is 9.92. The summed E-state index contributed by atoms with van der Waals surface area (Å²) in [4.78, 5) is 6.01. The number of nitrogens with one attached hydrogen (secondary N) is 1. The Morgan fingerprint density at radius 3 is 1.53 bits per heavy atom. The van der Waals surface area contributed by atoms with E-state index in [-0.39, 0.29) is 0 Å². The number of hydrogen-bond donors (Lipinski definition) is 0. The molecule has 0 aromatic carbocycles. The van der Waals surface area contributed by atoms with Gasteiger partial charge in [-0.25, -0.2) is 4.98 Å². The second-order valence-corrected chi connectivity index (χ2v) is 6.06. The molecule has 2 nitrogen and oxygen atoms in total. The average Bonchev–Trinajstić information content (AvgIpc) is 2.37. The van der Waals surface area contributed by atoms with Crippen LogP contribution in [0.1, 0.15) is 74.9 Å². The van der Waals surface area contributed by atoms with E-state index in [4.69, 9.17) is 0 Å². The molecule has 0 aliphatic heterocycles. The predicted molar refractivity (Wildman–Crippen MR) is 84.2 cm³/mol. The number of hydrogen-bond acceptors (Lipinski definition) is 1. The highest BCUT2D eigenvalue weighted by molar-refractivity contribution is 5.59. The van der Waals surface area contributed by atoms with Crippen molar-refractivity contribution in [3.63, 3.8) is 0 Å². The number of anilines is 1. The third-order valence-electron chi connectivity index (χ3n) is 4.45. The average molecular weight is 263 g/mol. The van der Waals surface area contributed by atoms with Gasteiger partial charge in [-0.3, -0.25) is 0 Å². The Labute approximate surface area is 119 Å². The summed E-state index contributed by atoms with van der Waals surface area (Å²) in [5, 5.41) is 0. The first-order valence-corrected chi connectivity index (χ1v) is 7.58. The Kier molecular flexibility index (Phi) is 5.39. The summed E-state index contributed by atoms with van der Waals surface area (Å²) < 4.78 is 0. The second kappa shape index (κ2) is 6.40. The van der Waals surface area contributed by atoms with Gasteiger partial charge in [0.2, 0.25) is 0 Å². The van der Waals surface area contributed by atoms with Gasteiger partial charge in [0.1, 0.15) is 0 Å². The van der Waals surface area contributed by atoms with Gasteiger partial charge in [0, 0.05) is 37.1 Å². The van der Waals surface area contributed by atoms with E-state index in [0.29, 0.717) is 11.8 Å². The van der Waals surface area contributed by atoms with Gasteiger partial charge in [-0.15, -0.1) is 0 Å². The second-order valence-electron chi connectivity index (χ2n) is 6.06. The van der Waals surface area contributed by atoms with Crippen molar-refractivity contribution in [1.82, 2.24) is 0 Å². The molecule has 2 atom stereocenters. The molecule has 0 radical (unpaired) electrons. The van der Waals surface area contributed by atoms with E-state index in [2.05, 4.69) is 65.5 Å². The molecule has 1 N–H and O–H groups in total. The van der Waals surface area contributed by atoms with Crippen molar-refractivity contribution in [2.24, 2.45) is 0 Å². The largest absolute Gasteiger partial charge is 0.377 e. The van der Waals surface area contributed by atoms with Crippen LogP contribution in [0.15, 0.2) is 0 Å². The molecular weight excluding hydrogens is 232 g/mol. The molecule has 1 aromatic rings. The first kappa shape index (κ1) is 16.0. The SMILES string of the molecule is CCC(C)c1[nH+]c(C(C)CC)c(C)c(N(C)C)c1C. The smallest absolute Gasteiger partial charge is 0.187 e. The molecule has 19 heavy (non-hydrogen) atoms. The van der Waals surface area contributed by atoms with E-state index >= 15 is 0 Å². The van der Waals surface area contributed by atoms with Crippen LogP contribution in [0.4, 0.5) is 5.69 Å². The highest BCUT2D eigenvalue weighted by atomic mass is 15.1. The predicted octanol–water partition coefficient (Wildman–Crippen LogP) is 4.21. The molecular formula is C17H31N2+. The fraction of sp³-hybridized carbons (Fsp3) is 0.706. The van der Waals surface area contributed by atoms with Crippen LogP contribution < -0.4 is 9.88 Å². The Morgan fingerprint density at radius 1 is 0.895 bits per heavy atom. The van der Waals surface area contributed by atoms with E-state index in [1.807, 2.05) is 0 Å². The van der Waals surface area contributed by atoms with Gasteiger partial charge in [0.05, 0.1) is 5.69 Å². The van der Waals surface area contributed by atoms with E-state index in [1.165, 1.54) is 41.0 Å². The van der Waals surface area contributed by atoms with Crippen LogP contribution in [0.5, 0.6) is 0 Å². The van der Waals surface area contributed by atoms with Crippen molar-refractivity contribution in [2.75, 3.05) is 19.0 Å². The normalized spacial score (nSPS) is 14.3. The molecule has 0 aliphatic carbocycles. The lowest BCUT2D eigenvalue weighted by Gasteiger charge is -2.22. The van der Waals surface area contributed by atoms with Gasteiger partial charge in [-0.1, -0.05) is 27.7 Å². The van der Waals surface area contributed by atoms with Gasteiger partial charge < -0.3 is 4.90 Å². The first-order chi connectivity index (χ1) is 8.84. The summed E-state index contributed by atoms with van der Waals surface area (Å²) in [5.41, 5.74) is 7.02. The maximum absolute atomic E-state index is 3.75. The maximum Gasteiger partial charge on any atom is 0.187 e. The molecule has 0 saturated carbocycles. The Morgan fingerprint density at radius 2 is 1.26 bits per heavy atom. The van der Waals surface area contributed by atoms with E-state index in [1.54, 1.807) is 0 Å². The number of rotatable bonds is 5. The van der Waals surface area contributed by atoms with Gasteiger partial charge in [0.15, 0.2) is 11.4 Å². The molecule has 0 spiro atoms.